The van der Waals surface area contributed by atoms with E-state index in [0.717, 1.165) is 24.5 Å². The molecule has 0 bridgehead atoms. The van der Waals surface area contributed by atoms with Gasteiger partial charge in [-0.1, -0.05) is 17.7 Å². The lowest BCUT2D eigenvalue weighted by molar-refractivity contribution is 0.182. The Morgan fingerprint density at radius 3 is 3.12 bits per heavy atom. The predicted octanol–water partition coefficient (Wildman–Crippen LogP) is 3.34. The Balaban J connectivity index is 1.97. The van der Waals surface area contributed by atoms with Crippen LogP contribution in [0.1, 0.15) is 36.9 Å². The molecular weight excluding hydrogens is 234 g/mol. The molecule has 0 heterocycles. The number of benzene rings is 1. The Morgan fingerprint density at radius 1 is 1.53 bits per heavy atom. The smallest absolute Gasteiger partial charge is 0.0476 e. The lowest BCUT2D eigenvalue weighted by Crippen LogP contribution is -2.30. The van der Waals surface area contributed by atoms with Crippen molar-refractivity contribution >= 4 is 11.6 Å². The van der Waals surface area contributed by atoms with E-state index < -0.39 is 0 Å². The van der Waals surface area contributed by atoms with E-state index in [1.54, 1.807) is 7.11 Å². The van der Waals surface area contributed by atoms with Crippen LogP contribution in [0, 0.1) is 0 Å². The van der Waals surface area contributed by atoms with Crippen LogP contribution < -0.4 is 5.32 Å². The third-order valence-corrected chi connectivity index (χ3v) is 3.66. The van der Waals surface area contributed by atoms with Gasteiger partial charge >= 0.3 is 0 Å². The van der Waals surface area contributed by atoms with Crippen molar-refractivity contribution < 1.29 is 4.74 Å². The number of methoxy groups -OCH3 is 1. The van der Waals surface area contributed by atoms with E-state index in [-0.39, 0.29) is 0 Å². The first-order valence-electron chi connectivity index (χ1n) is 6.24. The van der Waals surface area contributed by atoms with Gasteiger partial charge in [0.25, 0.3) is 0 Å². The third-order valence-electron chi connectivity index (χ3n) is 3.42. The van der Waals surface area contributed by atoms with Crippen LogP contribution in [0.3, 0.4) is 0 Å². The minimum absolute atomic E-state index is 0.481. The Labute approximate surface area is 108 Å². The van der Waals surface area contributed by atoms with Crippen LogP contribution in [0.5, 0.6) is 0 Å². The molecule has 0 fully saturated rings. The summed E-state index contributed by atoms with van der Waals surface area (Å²) in [6, 6.07) is 7.21. The number of hydrogen-bond donors (Lipinski definition) is 1. The van der Waals surface area contributed by atoms with Gasteiger partial charge in [0, 0.05) is 30.8 Å². The molecule has 94 valence electrons. The predicted molar refractivity (Wildman–Crippen MR) is 71.6 cm³/mol. The molecule has 0 saturated heterocycles. The second kappa shape index (κ2) is 5.85. The Kier molecular flexibility index (Phi) is 4.43. The van der Waals surface area contributed by atoms with Crippen LogP contribution in [0.15, 0.2) is 18.2 Å². The molecule has 0 amide bonds. The summed E-state index contributed by atoms with van der Waals surface area (Å²) in [5, 5.41) is 4.51. The van der Waals surface area contributed by atoms with E-state index in [9.17, 15) is 0 Å². The fourth-order valence-corrected chi connectivity index (χ4v) is 2.68. The fourth-order valence-electron chi connectivity index (χ4n) is 2.48. The first kappa shape index (κ1) is 12.9. The van der Waals surface area contributed by atoms with Gasteiger partial charge in [-0.2, -0.15) is 0 Å². The van der Waals surface area contributed by atoms with Crippen molar-refractivity contribution in [3.05, 3.63) is 34.3 Å². The Hall–Kier alpha value is -0.570. The Bertz CT molecular complexity index is 380. The number of fused-ring (bicyclic) bond motifs is 1. The average Bonchev–Trinajstić information content (AvgIpc) is 2.69. The fraction of sp³-hybridized carbons (Fsp3) is 0.571. The molecule has 1 N–H and O–H groups in total. The van der Waals surface area contributed by atoms with Gasteiger partial charge in [-0.15, -0.1) is 0 Å². The van der Waals surface area contributed by atoms with Crippen molar-refractivity contribution in [3.8, 4) is 0 Å². The molecular formula is C14H20ClNO. The highest BCUT2D eigenvalue weighted by Gasteiger charge is 2.23. The third kappa shape index (κ3) is 3.21. The standard InChI is InChI=1S/C14H20ClNO/c1-10(7-8-17-2)16-14-6-3-11-9-12(15)4-5-13(11)14/h4-5,9-10,14,16H,3,6-8H2,1-2H3. The van der Waals surface area contributed by atoms with Crippen molar-refractivity contribution in [1.82, 2.24) is 5.32 Å². The molecule has 2 rings (SSSR count). The number of ether oxygens (including phenoxy) is 1. The largest absolute Gasteiger partial charge is 0.385 e. The van der Waals surface area contributed by atoms with E-state index in [2.05, 4.69) is 24.4 Å². The van der Waals surface area contributed by atoms with Gasteiger partial charge in [-0.3, -0.25) is 0 Å². The van der Waals surface area contributed by atoms with Crippen molar-refractivity contribution in [3.63, 3.8) is 0 Å². The maximum Gasteiger partial charge on any atom is 0.0476 e. The van der Waals surface area contributed by atoms with E-state index in [0.29, 0.717) is 12.1 Å². The van der Waals surface area contributed by atoms with Crippen LogP contribution in [0.4, 0.5) is 0 Å². The van der Waals surface area contributed by atoms with Crippen molar-refractivity contribution in [2.24, 2.45) is 0 Å². The first-order chi connectivity index (χ1) is 8.20. The van der Waals surface area contributed by atoms with E-state index in [1.165, 1.54) is 17.5 Å². The molecule has 1 aliphatic rings. The summed E-state index contributed by atoms with van der Waals surface area (Å²) in [4.78, 5) is 0. The molecule has 3 heteroatoms. The molecule has 0 radical (unpaired) electrons. The van der Waals surface area contributed by atoms with Crippen LogP contribution in [-0.4, -0.2) is 19.8 Å². The first-order valence-corrected chi connectivity index (χ1v) is 6.62. The molecule has 2 nitrogen and oxygen atoms in total. The van der Waals surface area contributed by atoms with Gasteiger partial charge in [0.2, 0.25) is 0 Å². The zero-order valence-electron chi connectivity index (χ0n) is 10.5. The van der Waals surface area contributed by atoms with Crippen LogP contribution in [0.2, 0.25) is 5.02 Å². The van der Waals surface area contributed by atoms with Crippen LogP contribution in [0.25, 0.3) is 0 Å². The van der Waals surface area contributed by atoms with Crippen LogP contribution >= 0.6 is 11.6 Å². The highest BCUT2D eigenvalue weighted by molar-refractivity contribution is 6.30. The van der Waals surface area contributed by atoms with Gasteiger partial charge in [0.15, 0.2) is 0 Å². The molecule has 0 aliphatic heterocycles. The van der Waals surface area contributed by atoms with E-state index in [4.69, 9.17) is 16.3 Å². The van der Waals surface area contributed by atoms with Gasteiger partial charge in [0.05, 0.1) is 0 Å². The highest BCUT2D eigenvalue weighted by atomic mass is 35.5. The second-order valence-electron chi connectivity index (χ2n) is 4.78. The number of rotatable bonds is 5. The summed E-state index contributed by atoms with van der Waals surface area (Å²) in [5.74, 6) is 0. The topological polar surface area (TPSA) is 21.3 Å². The Morgan fingerprint density at radius 2 is 2.35 bits per heavy atom. The zero-order chi connectivity index (χ0) is 12.3. The maximum absolute atomic E-state index is 6.01. The molecule has 1 aliphatic carbocycles. The number of nitrogens with one attached hydrogen (secondary N) is 1. The number of hydrogen-bond acceptors (Lipinski definition) is 2. The monoisotopic (exact) mass is 253 g/mol. The SMILES string of the molecule is COCCC(C)NC1CCc2cc(Cl)ccc21. The normalized spacial score (nSPS) is 20.3. The molecule has 1 aromatic carbocycles. The van der Waals surface area contributed by atoms with Gasteiger partial charge in [-0.25, -0.2) is 0 Å². The summed E-state index contributed by atoms with van der Waals surface area (Å²) in [7, 11) is 1.75. The molecule has 2 atom stereocenters. The van der Waals surface area contributed by atoms with Gasteiger partial charge in [-0.05, 0) is 49.4 Å². The van der Waals surface area contributed by atoms with Crippen molar-refractivity contribution in [2.45, 2.75) is 38.3 Å². The van der Waals surface area contributed by atoms with Crippen molar-refractivity contribution in [1.29, 1.82) is 0 Å². The highest BCUT2D eigenvalue weighted by Crippen LogP contribution is 2.33. The van der Waals surface area contributed by atoms with E-state index >= 15 is 0 Å². The molecule has 0 aromatic heterocycles. The summed E-state index contributed by atoms with van der Waals surface area (Å²) in [6.07, 6.45) is 3.35. The summed E-state index contributed by atoms with van der Waals surface area (Å²) in [6.45, 7) is 3.03. The minimum atomic E-state index is 0.481. The summed E-state index contributed by atoms with van der Waals surface area (Å²) >= 11 is 6.01. The molecule has 0 spiro atoms. The average molecular weight is 254 g/mol. The number of aryl methyl sites for hydroxylation is 1. The van der Waals surface area contributed by atoms with Crippen LogP contribution in [-0.2, 0) is 11.2 Å². The number of halogens is 1. The quantitative estimate of drug-likeness (QED) is 0.869. The lowest BCUT2D eigenvalue weighted by Gasteiger charge is -2.20. The lowest BCUT2D eigenvalue weighted by atomic mass is 10.1. The molecule has 0 saturated carbocycles. The maximum atomic E-state index is 6.01. The minimum Gasteiger partial charge on any atom is -0.385 e. The zero-order valence-corrected chi connectivity index (χ0v) is 11.3. The van der Waals surface area contributed by atoms with Gasteiger partial charge in [0.1, 0.15) is 0 Å². The second-order valence-corrected chi connectivity index (χ2v) is 5.22. The summed E-state index contributed by atoms with van der Waals surface area (Å²) < 4.78 is 5.10. The molecule has 2 unspecified atom stereocenters. The molecule has 1 aromatic rings. The van der Waals surface area contributed by atoms with Gasteiger partial charge < -0.3 is 10.1 Å². The van der Waals surface area contributed by atoms with Crippen molar-refractivity contribution in [2.75, 3.05) is 13.7 Å². The summed E-state index contributed by atoms with van der Waals surface area (Å²) in [5.41, 5.74) is 2.81. The molecule has 17 heavy (non-hydrogen) atoms. The van der Waals surface area contributed by atoms with E-state index in [1.807, 2.05) is 6.07 Å².